The van der Waals surface area contributed by atoms with E-state index in [1.54, 1.807) is 0 Å². The maximum atomic E-state index is 10.9. The molecule has 3 nitrogen and oxygen atoms in total. The molecular weight excluding hydrogens is 130 g/mol. The van der Waals surface area contributed by atoms with Crippen molar-refractivity contribution in [3.63, 3.8) is 0 Å². The lowest BCUT2D eigenvalue weighted by Gasteiger charge is -2.18. The third-order valence-electron chi connectivity index (χ3n) is 1.53. The molecule has 0 aliphatic rings. The second-order valence-corrected chi connectivity index (χ2v) is 3.04. The smallest absolute Gasteiger partial charge is 0.329 e. The normalized spacial score (nSPS) is 11.2. The molecule has 0 radical (unpaired) electrons. The topological polar surface area (TPSA) is 52.3 Å². The molecule has 0 spiro atoms. The maximum absolute atomic E-state index is 10.9. The van der Waals surface area contributed by atoms with Gasteiger partial charge in [0.25, 0.3) is 0 Å². The van der Waals surface area contributed by atoms with Crippen molar-refractivity contribution in [1.29, 1.82) is 0 Å². The number of hydrogen-bond acceptors (Lipinski definition) is 3. The maximum Gasteiger partial charge on any atom is 0.329 e. The van der Waals surface area contributed by atoms with E-state index in [2.05, 4.69) is 4.84 Å². The average Bonchev–Trinajstić information content (AvgIpc) is 1.86. The van der Waals surface area contributed by atoms with Crippen LogP contribution in [0.5, 0.6) is 0 Å². The van der Waals surface area contributed by atoms with Crippen LogP contribution in [0.3, 0.4) is 0 Å². The molecule has 0 bridgehead atoms. The first-order valence-electron chi connectivity index (χ1n) is 3.45. The van der Waals surface area contributed by atoms with Gasteiger partial charge in [0.2, 0.25) is 0 Å². The highest BCUT2D eigenvalue weighted by Crippen LogP contribution is 2.22. The Hall–Kier alpha value is -0.570. The lowest BCUT2D eigenvalue weighted by molar-refractivity contribution is -0.154. The van der Waals surface area contributed by atoms with Crippen LogP contribution >= 0.6 is 0 Å². The summed E-state index contributed by atoms with van der Waals surface area (Å²) in [5, 5.41) is 0. The van der Waals surface area contributed by atoms with E-state index in [4.69, 9.17) is 5.90 Å². The minimum Gasteiger partial charge on any atom is -0.373 e. The lowest BCUT2D eigenvalue weighted by atomic mass is 9.88. The summed E-state index contributed by atoms with van der Waals surface area (Å²) in [6.45, 7) is 5.67. The average molecular weight is 145 g/mol. The van der Waals surface area contributed by atoms with E-state index >= 15 is 0 Å². The highest BCUT2D eigenvalue weighted by Gasteiger charge is 2.27. The summed E-state index contributed by atoms with van der Waals surface area (Å²) in [6.07, 6.45) is 1.77. The van der Waals surface area contributed by atoms with Crippen LogP contribution in [-0.2, 0) is 9.63 Å². The highest BCUT2D eigenvalue weighted by atomic mass is 16.7. The number of carbonyl (C=O) groups excluding carboxylic acids is 1. The van der Waals surface area contributed by atoms with Crippen molar-refractivity contribution in [2.75, 3.05) is 0 Å². The summed E-state index contributed by atoms with van der Waals surface area (Å²) < 4.78 is 0. The third kappa shape index (κ3) is 2.35. The van der Waals surface area contributed by atoms with Crippen LogP contribution < -0.4 is 5.90 Å². The molecule has 0 aliphatic heterocycles. The first-order chi connectivity index (χ1) is 4.54. The number of rotatable bonds is 3. The molecule has 0 saturated heterocycles. The van der Waals surface area contributed by atoms with Gasteiger partial charge in [-0.25, -0.2) is 4.79 Å². The Balaban J connectivity index is 3.96. The minimum atomic E-state index is -0.427. The van der Waals surface area contributed by atoms with Crippen LogP contribution in [0.2, 0.25) is 0 Å². The fourth-order valence-electron chi connectivity index (χ4n) is 0.887. The standard InChI is InChI=1S/C7H15NO2/c1-4-5-7(2,3)6(9)10-8/h4-5,8H2,1-3H3. The van der Waals surface area contributed by atoms with Crippen molar-refractivity contribution < 1.29 is 9.63 Å². The molecule has 0 amide bonds. The van der Waals surface area contributed by atoms with Crippen molar-refractivity contribution in [3.05, 3.63) is 0 Å². The van der Waals surface area contributed by atoms with Crippen molar-refractivity contribution >= 4 is 5.97 Å². The summed E-state index contributed by atoms with van der Waals surface area (Å²) in [4.78, 5) is 15.0. The first-order valence-corrected chi connectivity index (χ1v) is 3.45. The molecule has 0 saturated carbocycles. The summed E-state index contributed by atoms with van der Waals surface area (Å²) >= 11 is 0. The van der Waals surface area contributed by atoms with Gasteiger partial charge in [-0.15, -0.1) is 0 Å². The largest absolute Gasteiger partial charge is 0.373 e. The van der Waals surface area contributed by atoms with Gasteiger partial charge in [-0.2, -0.15) is 5.90 Å². The molecule has 0 heterocycles. The fourth-order valence-corrected chi connectivity index (χ4v) is 0.887. The molecule has 3 heteroatoms. The Kier molecular flexibility index (Phi) is 3.36. The monoisotopic (exact) mass is 145 g/mol. The van der Waals surface area contributed by atoms with Crippen molar-refractivity contribution in [1.82, 2.24) is 0 Å². The molecule has 0 aliphatic carbocycles. The van der Waals surface area contributed by atoms with E-state index in [1.807, 2.05) is 20.8 Å². The van der Waals surface area contributed by atoms with Crippen molar-refractivity contribution in [2.24, 2.45) is 11.3 Å². The lowest BCUT2D eigenvalue weighted by Crippen LogP contribution is -2.28. The van der Waals surface area contributed by atoms with Crippen molar-refractivity contribution in [2.45, 2.75) is 33.6 Å². The molecule has 0 atom stereocenters. The number of carbonyl (C=O) groups is 1. The van der Waals surface area contributed by atoms with E-state index in [1.165, 1.54) is 0 Å². The molecule has 60 valence electrons. The molecule has 0 fully saturated rings. The summed E-state index contributed by atoms with van der Waals surface area (Å²) in [5.74, 6) is 4.40. The Morgan fingerprint density at radius 1 is 1.60 bits per heavy atom. The van der Waals surface area contributed by atoms with Gasteiger partial charge in [-0.05, 0) is 20.3 Å². The second-order valence-electron chi connectivity index (χ2n) is 3.04. The number of hydrogen-bond donors (Lipinski definition) is 1. The molecule has 0 aromatic carbocycles. The van der Waals surface area contributed by atoms with E-state index < -0.39 is 5.41 Å². The van der Waals surface area contributed by atoms with Gasteiger partial charge in [-0.3, -0.25) is 0 Å². The van der Waals surface area contributed by atoms with Gasteiger partial charge < -0.3 is 4.84 Å². The zero-order valence-electron chi connectivity index (χ0n) is 6.81. The van der Waals surface area contributed by atoms with Crippen LogP contribution in [0.15, 0.2) is 0 Å². The van der Waals surface area contributed by atoms with E-state index in [-0.39, 0.29) is 5.97 Å². The Bertz CT molecular complexity index is 121. The van der Waals surface area contributed by atoms with E-state index in [0.29, 0.717) is 0 Å². The molecule has 0 rings (SSSR count). The Labute approximate surface area is 61.5 Å². The van der Waals surface area contributed by atoms with Gasteiger partial charge in [0.15, 0.2) is 0 Å². The zero-order valence-corrected chi connectivity index (χ0v) is 6.81. The molecule has 0 aromatic rings. The van der Waals surface area contributed by atoms with Gasteiger partial charge in [0, 0.05) is 0 Å². The van der Waals surface area contributed by atoms with Gasteiger partial charge in [0.1, 0.15) is 0 Å². The van der Waals surface area contributed by atoms with Crippen LogP contribution in [0, 0.1) is 5.41 Å². The van der Waals surface area contributed by atoms with Crippen molar-refractivity contribution in [3.8, 4) is 0 Å². The second kappa shape index (κ2) is 3.56. The molecule has 2 N–H and O–H groups in total. The van der Waals surface area contributed by atoms with Crippen LogP contribution in [0.4, 0.5) is 0 Å². The van der Waals surface area contributed by atoms with E-state index in [9.17, 15) is 4.79 Å². The molecule has 10 heavy (non-hydrogen) atoms. The number of nitrogens with two attached hydrogens (primary N) is 1. The van der Waals surface area contributed by atoms with Gasteiger partial charge in [-0.1, -0.05) is 13.3 Å². The Morgan fingerprint density at radius 2 is 2.10 bits per heavy atom. The van der Waals surface area contributed by atoms with Gasteiger partial charge >= 0.3 is 5.97 Å². The predicted molar refractivity (Wildman–Crippen MR) is 39.0 cm³/mol. The van der Waals surface area contributed by atoms with Gasteiger partial charge in [0.05, 0.1) is 5.41 Å². The van der Waals surface area contributed by atoms with Crippen LogP contribution in [-0.4, -0.2) is 5.97 Å². The van der Waals surface area contributed by atoms with Crippen LogP contribution in [0.1, 0.15) is 33.6 Å². The SMILES string of the molecule is CCCC(C)(C)C(=O)ON. The quantitative estimate of drug-likeness (QED) is 0.608. The third-order valence-corrected chi connectivity index (χ3v) is 1.53. The predicted octanol–water partition coefficient (Wildman–Crippen LogP) is 1.23. The molecular formula is C7H15NO2. The Morgan fingerprint density at radius 3 is 2.40 bits per heavy atom. The van der Waals surface area contributed by atoms with Crippen LogP contribution in [0.25, 0.3) is 0 Å². The summed E-state index contributed by atoms with van der Waals surface area (Å²) in [7, 11) is 0. The molecule has 0 aromatic heterocycles. The summed E-state index contributed by atoms with van der Waals surface area (Å²) in [5.41, 5.74) is -0.427. The fraction of sp³-hybridized carbons (Fsp3) is 0.857. The zero-order chi connectivity index (χ0) is 8.20. The molecule has 0 unspecified atom stereocenters. The summed E-state index contributed by atoms with van der Waals surface area (Å²) in [6, 6.07) is 0. The van der Waals surface area contributed by atoms with E-state index in [0.717, 1.165) is 12.8 Å². The first kappa shape index (κ1) is 9.43. The highest BCUT2D eigenvalue weighted by molar-refractivity contribution is 5.75. The minimum absolute atomic E-state index is 0.339.